The third-order valence-electron chi connectivity index (χ3n) is 7.40. The molecule has 2 atom stereocenters. The Hall–Kier alpha value is -1.80. The van der Waals surface area contributed by atoms with Crippen LogP contribution in [0.2, 0.25) is 0 Å². The van der Waals surface area contributed by atoms with Gasteiger partial charge in [0, 0.05) is 13.0 Å². The third kappa shape index (κ3) is 35.5. The topological polar surface area (TPSA) is 91.3 Å². The number of phosphoric acid groups is 1. The summed E-state index contributed by atoms with van der Waals surface area (Å²) < 4.78 is 33.9. The summed E-state index contributed by atoms with van der Waals surface area (Å²) in [5, 5.41) is 0. The van der Waals surface area contributed by atoms with Crippen molar-refractivity contribution in [2.24, 2.45) is 0 Å². The molecule has 48 heavy (non-hydrogen) atoms. The summed E-state index contributed by atoms with van der Waals surface area (Å²) in [4.78, 5) is 21.7. The number of ether oxygens (including phenoxy) is 2. The minimum atomic E-state index is -4.24. The van der Waals surface area contributed by atoms with E-state index in [0.29, 0.717) is 17.6 Å². The predicted octanol–water partition coefficient (Wildman–Crippen LogP) is 10.2. The van der Waals surface area contributed by atoms with Crippen molar-refractivity contribution in [2.45, 2.75) is 129 Å². The van der Waals surface area contributed by atoms with Gasteiger partial charge in [0.05, 0.1) is 34.4 Å². The highest BCUT2D eigenvalue weighted by Crippen LogP contribution is 2.43. The van der Waals surface area contributed by atoms with E-state index in [1.54, 1.807) is 6.92 Å². The van der Waals surface area contributed by atoms with Crippen LogP contribution in [0.25, 0.3) is 0 Å². The SMILES string of the molecule is CC/C=C\C/C=C\C/C=C\C/C=C\C/C=C\CCCCCCCCCCCCOCC(COP(=O)(O)OCC[N+](C)(C)C)OC(=O)CC. The first-order valence-corrected chi connectivity index (χ1v) is 20.0. The molecule has 9 heteroatoms. The lowest BCUT2D eigenvalue weighted by atomic mass is 10.1. The van der Waals surface area contributed by atoms with Crippen LogP contribution < -0.4 is 0 Å². The van der Waals surface area contributed by atoms with Crippen LogP contribution in [-0.2, 0) is 27.9 Å². The van der Waals surface area contributed by atoms with Gasteiger partial charge in [-0.3, -0.25) is 13.8 Å². The Morgan fingerprint density at radius 2 is 1.12 bits per heavy atom. The molecule has 0 saturated carbocycles. The van der Waals surface area contributed by atoms with Gasteiger partial charge in [-0.15, -0.1) is 0 Å². The molecule has 0 saturated heterocycles. The first-order valence-electron chi connectivity index (χ1n) is 18.5. The smallest absolute Gasteiger partial charge is 0.457 e. The number of quaternary nitrogens is 1. The predicted molar refractivity (Wildman–Crippen MR) is 201 cm³/mol. The number of esters is 1. The van der Waals surface area contributed by atoms with Crippen LogP contribution in [0.1, 0.15) is 123 Å². The fourth-order valence-corrected chi connectivity index (χ4v) is 5.24. The lowest BCUT2D eigenvalue weighted by Gasteiger charge is -2.24. The molecule has 0 spiro atoms. The Bertz CT molecular complexity index is 952. The van der Waals surface area contributed by atoms with Crippen molar-refractivity contribution in [3.05, 3.63) is 60.8 Å². The van der Waals surface area contributed by atoms with E-state index < -0.39 is 19.9 Å². The van der Waals surface area contributed by atoms with Gasteiger partial charge in [-0.25, -0.2) is 4.57 Å². The number of nitrogens with zero attached hydrogens (tertiary/aromatic N) is 1. The number of unbranched alkanes of at least 4 members (excludes halogenated alkanes) is 10. The Morgan fingerprint density at radius 1 is 0.646 bits per heavy atom. The van der Waals surface area contributed by atoms with Crippen molar-refractivity contribution in [3.8, 4) is 0 Å². The molecule has 0 aromatic heterocycles. The van der Waals surface area contributed by atoms with Gasteiger partial charge in [0.25, 0.3) is 0 Å². The maximum absolute atomic E-state index is 12.2. The molecule has 1 N–H and O–H groups in total. The Balaban J connectivity index is 3.73. The molecule has 0 heterocycles. The Morgan fingerprint density at radius 3 is 1.62 bits per heavy atom. The fourth-order valence-electron chi connectivity index (χ4n) is 4.49. The molecular formula is C39H71NO7P+. The fraction of sp³-hybridized carbons (Fsp3) is 0.718. The number of phosphoric ester groups is 1. The summed E-state index contributed by atoms with van der Waals surface area (Å²) in [5.74, 6) is -0.406. The molecule has 2 unspecified atom stereocenters. The summed E-state index contributed by atoms with van der Waals surface area (Å²) in [6.07, 6.45) is 40.5. The van der Waals surface area contributed by atoms with Gasteiger partial charge in [-0.1, -0.05) is 126 Å². The number of rotatable bonds is 33. The van der Waals surface area contributed by atoms with E-state index >= 15 is 0 Å². The van der Waals surface area contributed by atoms with E-state index in [1.807, 2.05) is 21.1 Å². The summed E-state index contributed by atoms with van der Waals surface area (Å²) in [7, 11) is 1.65. The Labute approximate surface area is 294 Å². The molecule has 0 aliphatic heterocycles. The van der Waals surface area contributed by atoms with E-state index in [9.17, 15) is 14.3 Å². The van der Waals surface area contributed by atoms with E-state index in [2.05, 4.69) is 67.7 Å². The van der Waals surface area contributed by atoms with Gasteiger partial charge in [0.2, 0.25) is 0 Å². The summed E-state index contributed by atoms with van der Waals surface area (Å²) in [6.45, 7) is 4.90. The van der Waals surface area contributed by atoms with E-state index in [0.717, 1.165) is 44.9 Å². The maximum atomic E-state index is 12.2. The number of carbonyl (C=O) groups is 1. The number of hydrogen-bond acceptors (Lipinski definition) is 6. The monoisotopic (exact) mass is 696 g/mol. The first-order chi connectivity index (χ1) is 23.1. The molecule has 0 amide bonds. The summed E-state index contributed by atoms with van der Waals surface area (Å²) >= 11 is 0. The van der Waals surface area contributed by atoms with E-state index in [1.165, 1.54) is 57.8 Å². The van der Waals surface area contributed by atoms with Crippen molar-refractivity contribution in [2.75, 3.05) is 54.1 Å². The quantitative estimate of drug-likeness (QED) is 0.0240. The zero-order valence-corrected chi connectivity index (χ0v) is 32.1. The number of carbonyl (C=O) groups excluding carboxylic acids is 1. The normalized spacial score (nSPS) is 14.7. The first kappa shape index (κ1) is 46.2. The highest BCUT2D eigenvalue weighted by Gasteiger charge is 2.26. The minimum absolute atomic E-state index is 0.0830. The second-order valence-corrected chi connectivity index (χ2v) is 14.6. The average Bonchev–Trinajstić information content (AvgIpc) is 3.04. The molecule has 0 fully saturated rings. The van der Waals surface area contributed by atoms with Crippen LogP contribution in [-0.4, -0.2) is 75.6 Å². The van der Waals surface area contributed by atoms with Crippen molar-refractivity contribution in [1.29, 1.82) is 0 Å². The van der Waals surface area contributed by atoms with E-state index in [-0.39, 0.29) is 26.2 Å². The third-order valence-corrected chi connectivity index (χ3v) is 8.38. The Kier molecular flexibility index (Phi) is 31.2. The standard InChI is InChI=1S/C39H70NO7P/c1-6-8-9-10-11-12-13-14-15-16-17-18-19-20-21-22-23-24-25-26-27-28-29-30-31-32-34-44-36-38(47-39(41)7-2)37-46-48(42,43)45-35-33-40(3,4)5/h8-9,11-12,14-15,17-18,20-21,38H,6-7,10,13,16,19,22-37H2,1-5H3/p+1/b9-8-,12-11-,15-14-,18-17-,21-20-. The van der Waals surface area contributed by atoms with Gasteiger partial charge in [0.1, 0.15) is 19.3 Å². The van der Waals surface area contributed by atoms with Crippen LogP contribution in [0.3, 0.4) is 0 Å². The molecule has 0 radical (unpaired) electrons. The average molecular weight is 697 g/mol. The van der Waals surface area contributed by atoms with Gasteiger partial charge in [-0.05, 0) is 51.4 Å². The number of allylic oxidation sites excluding steroid dienone is 10. The van der Waals surface area contributed by atoms with Gasteiger partial charge in [0.15, 0.2) is 0 Å². The zero-order chi connectivity index (χ0) is 35.6. The van der Waals surface area contributed by atoms with Crippen LogP contribution in [0.15, 0.2) is 60.8 Å². The summed E-state index contributed by atoms with van der Waals surface area (Å²) in [5.41, 5.74) is 0. The molecule has 0 bridgehead atoms. The zero-order valence-electron chi connectivity index (χ0n) is 31.2. The lowest BCUT2D eigenvalue weighted by Crippen LogP contribution is -2.37. The molecule has 8 nitrogen and oxygen atoms in total. The van der Waals surface area contributed by atoms with E-state index in [4.69, 9.17) is 18.5 Å². The van der Waals surface area contributed by atoms with Crippen molar-refractivity contribution in [1.82, 2.24) is 0 Å². The summed E-state index contributed by atoms with van der Waals surface area (Å²) in [6, 6.07) is 0. The lowest BCUT2D eigenvalue weighted by molar-refractivity contribution is -0.870. The largest absolute Gasteiger partial charge is 0.472 e. The van der Waals surface area contributed by atoms with Crippen LogP contribution in [0.5, 0.6) is 0 Å². The van der Waals surface area contributed by atoms with Gasteiger partial charge < -0.3 is 18.9 Å². The van der Waals surface area contributed by atoms with Gasteiger partial charge >= 0.3 is 13.8 Å². The minimum Gasteiger partial charge on any atom is -0.457 e. The maximum Gasteiger partial charge on any atom is 0.472 e. The number of likely N-dealkylation sites (N-methyl/N-ethyl adjacent to an activating group) is 1. The van der Waals surface area contributed by atoms with Crippen molar-refractivity contribution < 1.29 is 37.3 Å². The number of hydrogen-bond donors (Lipinski definition) is 1. The second kappa shape index (κ2) is 32.4. The molecule has 0 rings (SSSR count). The molecular weight excluding hydrogens is 625 g/mol. The van der Waals surface area contributed by atoms with Crippen LogP contribution in [0, 0.1) is 0 Å². The molecule has 278 valence electrons. The molecule has 0 aromatic rings. The molecule has 0 aromatic carbocycles. The molecule has 0 aliphatic carbocycles. The van der Waals surface area contributed by atoms with Crippen LogP contribution in [0.4, 0.5) is 0 Å². The van der Waals surface area contributed by atoms with Crippen molar-refractivity contribution in [3.63, 3.8) is 0 Å². The highest BCUT2D eigenvalue weighted by molar-refractivity contribution is 7.47. The van der Waals surface area contributed by atoms with Crippen molar-refractivity contribution >= 4 is 13.8 Å². The second-order valence-electron chi connectivity index (χ2n) is 13.2. The highest BCUT2D eigenvalue weighted by atomic mass is 31.2. The van der Waals surface area contributed by atoms with Gasteiger partial charge in [-0.2, -0.15) is 0 Å². The molecule has 0 aliphatic rings. The van der Waals surface area contributed by atoms with Crippen LogP contribution >= 0.6 is 7.82 Å².